The third-order valence-electron chi connectivity index (χ3n) is 2.64. The van der Waals surface area contributed by atoms with Gasteiger partial charge in [0.15, 0.2) is 18.1 Å². The summed E-state index contributed by atoms with van der Waals surface area (Å²) in [5.74, 6) is 0.650. The molecule has 6 nitrogen and oxygen atoms in total. The SMILES string of the molecule is CCOCCCNC(=O)COc1ccc(C#N)cc1OC. The van der Waals surface area contributed by atoms with Crippen molar-refractivity contribution < 1.29 is 19.0 Å². The molecule has 0 saturated heterocycles. The van der Waals surface area contributed by atoms with Crippen molar-refractivity contribution >= 4 is 5.91 Å². The molecule has 0 saturated carbocycles. The van der Waals surface area contributed by atoms with Crippen molar-refractivity contribution in [1.82, 2.24) is 5.32 Å². The van der Waals surface area contributed by atoms with E-state index in [4.69, 9.17) is 19.5 Å². The molecule has 0 aliphatic rings. The van der Waals surface area contributed by atoms with Crippen LogP contribution in [0.25, 0.3) is 0 Å². The molecule has 0 aromatic heterocycles. The second-order valence-corrected chi connectivity index (χ2v) is 4.17. The van der Waals surface area contributed by atoms with Crippen molar-refractivity contribution in [3.05, 3.63) is 23.8 Å². The van der Waals surface area contributed by atoms with E-state index in [9.17, 15) is 4.79 Å². The smallest absolute Gasteiger partial charge is 0.257 e. The molecule has 6 heteroatoms. The predicted molar refractivity (Wildman–Crippen MR) is 77.3 cm³/mol. The summed E-state index contributed by atoms with van der Waals surface area (Å²) < 4.78 is 15.7. The second-order valence-electron chi connectivity index (χ2n) is 4.17. The van der Waals surface area contributed by atoms with Crippen LogP contribution in [0.15, 0.2) is 18.2 Å². The van der Waals surface area contributed by atoms with Crippen molar-refractivity contribution in [2.24, 2.45) is 0 Å². The van der Waals surface area contributed by atoms with Gasteiger partial charge in [-0.2, -0.15) is 5.26 Å². The molecule has 0 unspecified atom stereocenters. The molecule has 0 aliphatic heterocycles. The maximum Gasteiger partial charge on any atom is 0.257 e. The van der Waals surface area contributed by atoms with E-state index in [2.05, 4.69) is 5.32 Å². The van der Waals surface area contributed by atoms with E-state index in [0.29, 0.717) is 36.8 Å². The average molecular weight is 292 g/mol. The zero-order chi connectivity index (χ0) is 15.5. The van der Waals surface area contributed by atoms with Crippen LogP contribution in [0.1, 0.15) is 18.9 Å². The maximum absolute atomic E-state index is 11.6. The molecule has 1 rings (SSSR count). The summed E-state index contributed by atoms with van der Waals surface area (Å²) in [6.45, 7) is 3.68. The van der Waals surface area contributed by atoms with Crippen molar-refractivity contribution in [3.63, 3.8) is 0 Å². The largest absolute Gasteiger partial charge is 0.493 e. The molecule has 21 heavy (non-hydrogen) atoms. The van der Waals surface area contributed by atoms with Gasteiger partial charge >= 0.3 is 0 Å². The molecule has 0 aliphatic carbocycles. The molecule has 0 bridgehead atoms. The van der Waals surface area contributed by atoms with E-state index in [0.717, 1.165) is 6.42 Å². The first-order chi connectivity index (χ1) is 10.2. The van der Waals surface area contributed by atoms with E-state index >= 15 is 0 Å². The fourth-order valence-corrected chi connectivity index (χ4v) is 1.60. The summed E-state index contributed by atoms with van der Waals surface area (Å²) in [6, 6.07) is 6.80. The third kappa shape index (κ3) is 6.15. The summed E-state index contributed by atoms with van der Waals surface area (Å²) in [5.41, 5.74) is 0.472. The average Bonchev–Trinajstić information content (AvgIpc) is 2.52. The lowest BCUT2D eigenvalue weighted by Gasteiger charge is -2.11. The molecule has 0 radical (unpaired) electrons. The Bertz CT molecular complexity index is 497. The number of amides is 1. The van der Waals surface area contributed by atoms with Gasteiger partial charge in [-0.05, 0) is 25.5 Å². The van der Waals surface area contributed by atoms with Crippen LogP contribution < -0.4 is 14.8 Å². The second kappa shape index (κ2) is 9.61. The highest BCUT2D eigenvalue weighted by Crippen LogP contribution is 2.27. The summed E-state index contributed by atoms with van der Waals surface area (Å²) in [7, 11) is 1.48. The Morgan fingerprint density at radius 2 is 2.19 bits per heavy atom. The predicted octanol–water partition coefficient (Wildman–Crippen LogP) is 1.49. The quantitative estimate of drug-likeness (QED) is 0.697. The standard InChI is InChI=1S/C15H20N2O4/c1-3-20-8-4-7-17-15(18)11-21-13-6-5-12(10-16)9-14(13)19-2/h5-6,9H,3-4,7-8,11H2,1-2H3,(H,17,18). The molecule has 1 amide bonds. The minimum Gasteiger partial charge on any atom is -0.493 e. The Labute approximate surface area is 124 Å². The lowest BCUT2D eigenvalue weighted by atomic mass is 10.2. The Morgan fingerprint density at radius 3 is 2.86 bits per heavy atom. The van der Waals surface area contributed by atoms with Crippen LogP contribution in [0.5, 0.6) is 11.5 Å². The Balaban J connectivity index is 2.37. The normalized spacial score (nSPS) is 9.76. The molecular weight excluding hydrogens is 272 g/mol. The van der Waals surface area contributed by atoms with Crippen molar-refractivity contribution in [1.29, 1.82) is 5.26 Å². The van der Waals surface area contributed by atoms with Crippen LogP contribution in [-0.4, -0.2) is 39.4 Å². The first-order valence-corrected chi connectivity index (χ1v) is 6.76. The monoisotopic (exact) mass is 292 g/mol. The zero-order valence-corrected chi connectivity index (χ0v) is 12.3. The topological polar surface area (TPSA) is 80.6 Å². The number of benzene rings is 1. The number of hydrogen-bond donors (Lipinski definition) is 1. The highest BCUT2D eigenvalue weighted by molar-refractivity contribution is 5.77. The Hall–Kier alpha value is -2.26. The van der Waals surface area contributed by atoms with Gasteiger partial charge in [-0.3, -0.25) is 4.79 Å². The number of ether oxygens (including phenoxy) is 3. The van der Waals surface area contributed by atoms with Gasteiger partial charge in [0.05, 0.1) is 18.7 Å². The molecule has 0 heterocycles. The van der Waals surface area contributed by atoms with E-state index in [1.165, 1.54) is 7.11 Å². The van der Waals surface area contributed by atoms with Crippen LogP contribution in [0, 0.1) is 11.3 Å². The van der Waals surface area contributed by atoms with Crippen molar-refractivity contribution in [3.8, 4) is 17.6 Å². The minimum atomic E-state index is -0.210. The summed E-state index contributed by atoms with van der Waals surface area (Å²) in [4.78, 5) is 11.6. The van der Waals surface area contributed by atoms with Crippen molar-refractivity contribution in [2.75, 3.05) is 33.5 Å². The van der Waals surface area contributed by atoms with Gasteiger partial charge in [0, 0.05) is 25.8 Å². The fourth-order valence-electron chi connectivity index (χ4n) is 1.60. The van der Waals surface area contributed by atoms with Gasteiger partial charge in [-0.15, -0.1) is 0 Å². The van der Waals surface area contributed by atoms with Crippen LogP contribution in [-0.2, 0) is 9.53 Å². The number of nitrogens with zero attached hydrogens (tertiary/aromatic N) is 1. The van der Waals surface area contributed by atoms with Gasteiger partial charge in [0.2, 0.25) is 0 Å². The molecule has 1 aromatic rings. The van der Waals surface area contributed by atoms with Crippen molar-refractivity contribution in [2.45, 2.75) is 13.3 Å². The molecule has 0 fully saturated rings. The third-order valence-corrected chi connectivity index (χ3v) is 2.64. The maximum atomic E-state index is 11.6. The molecule has 0 spiro atoms. The van der Waals surface area contributed by atoms with Crippen LogP contribution in [0.3, 0.4) is 0 Å². The number of rotatable bonds is 9. The first-order valence-electron chi connectivity index (χ1n) is 6.76. The summed E-state index contributed by atoms with van der Waals surface area (Å²) in [6.07, 6.45) is 0.764. The number of nitriles is 1. The highest BCUT2D eigenvalue weighted by atomic mass is 16.5. The van der Waals surface area contributed by atoms with E-state index in [1.54, 1.807) is 18.2 Å². The van der Waals surface area contributed by atoms with Gasteiger partial charge in [-0.1, -0.05) is 0 Å². The summed E-state index contributed by atoms with van der Waals surface area (Å²) in [5, 5.41) is 11.5. The zero-order valence-electron chi connectivity index (χ0n) is 12.3. The molecular formula is C15H20N2O4. The van der Waals surface area contributed by atoms with E-state index in [1.807, 2.05) is 13.0 Å². The minimum absolute atomic E-state index is 0.100. The lowest BCUT2D eigenvalue weighted by Crippen LogP contribution is -2.30. The number of methoxy groups -OCH3 is 1. The molecule has 1 N–H and O–H groups in total. The van der Waals surface area contributed by atoms with Gasteiger partial charge in [0.25, 0.3) is 5.91 Å². The fraction of sp³-hybridized carbons (Fsp3) is 0.467. The first kappa shape index (κ1) is 16.8. The van der Waals surface area contributed by atoms with Gasteiger partial charge in [-0.25, -0.2) is 0 Å². The molecule has 0 atom stereocenters. The van der Waals surface area contributed by atoms with E-state index < -0.39 is 0 Å². The Morgan fingerprint density at radius 1 is 1.38 bits per heavy atom. The molecule has 1 aromatic carbocycles. The molecule has 114 valence electrons. The number of hydrogen-bond acceptors (Lipinski definition) is 5. The summed E-state index contributed by atoms with van der Waals surface area (Å²) >= 11 is 0. The van der Waals surface area contributed by atoms with Crippen LogP contribution >= 0.6 is 0 Å². The van der Waals surface area contributed by atoms with Gasteiger partial charge < -0.3 is 19.5 Å². The van der Waals surface area contributed by atoms with Crippen LogP contribution in [0.4, 0.5) is 0 Å². The number of carbonyl (C=O) groups excluding carboxylic acids is 1. The van der Waals surface area contributed by atoms with Crippen LogP contribution in [0.2, 0.25) is 0 Å². The van der Waals surface area contributed by atoms with E-state index in [-0.39, 0.29) is 12.5 Å². The van der Waals surface area contributed by atoms with Gasteiger partial charge in [0.1, 0.15) is 0 Å². The Kier molecular flexibility index (Phi) is 7.69. The lowest BCUT2D eigenvalue weighted by molar-refractivity contribution is -0.123. The number of nitrogens with one attached hydrogen (secondary N) is 1. The highest BCUT2D eigenvalue weighted by Gasteiger charge is 2.08. The number of carbonyl (C=O) groups is 1.